The molecule has 0 aliphatic heterocycles. The molecule has 3 rings (SSSR count). The lowest BCUT2D eigenvalue weighted by Crippen LogP contribution is -2.33. The Kier molecular flexibility index (Phi) is 6.88. The molecule has 1 heterocycles. The lowest BCUT2D eigenvalue weighted by Gasteiger charge is -2.22. The normalized spacial score (nSPS) is 10.4. The van der Waals surface area contributed by atoms with Crippen molar-refractivity contribution in [3.8, 4) is 0 Å². The van der Waals surface area contributed by atoms with Gasteiger partial charge in [0.25, 0.3) is 0 Å². The number of rotatable bonds is 8. The highest BCUT2D eigenvalue weighted by Gasteiger charge is 2.10. The van der Waals surface area contributed by atoms with Crippen LogP contribution in [-0.4, -0.2) is 24.0 Å². The van der Waals surface area contributed by atoms with Crippen LogP contribution in [0.4, 0.5) is 11.4 Å². The third-order valence-corrected chi connectivity index (χ3v) is 5.09. The van der Waals surface area contributed by atoms with Crippen LogP contribution in [0.5, 0.6) is 0 Å². The van der Waals surface area contributed by atoms with Gasteiger partial charge in [0, 0.05) is 29.9 Å². The van der Waals surface area contributed by atoms with E-state index in [-0.39, 0.29) is 5.91 Å². The van der Waals surface area contributed by atoms with Crippen molar-refractivity contribution in [3.05, 3.63) is 84.6 Å². The van der Waals surface area contributed by atoms with E-state index in [2.05, 4.69) is 28.2 Å². The summed E-state index contributed by atoms with van der Waals surface area (Å²) in [5, 5.41) is 4.00. The number of likely N-dealkylation sites (N-methyl/N-ethyl adjacent to an activating group) is 1. The number of aromatic nitrogens is 1. The van der Waals surface area contributed by atoms with Gasteiger partial charge in [0.2, 0.25) is 5.91 Å². The topological polar surface area (TPSA) is 45.2 Å². The van der Waals surface area contributed by atoms with E-state index in [0.717, 1.165) is 34.3 Å². The summed E-state index contributed by atoms with van der Waals surface area (Å²) >= 11 is 1.68. The summed E-state index contributed by atoms with van der Waals surface area (Å²) in [6.07, 6.45) is 1.80. The SMILES string of the molecule is CCN(CC(=O)Nc1cccc(CSc2ccccn2)c1)c1ccccc1. The van der Waals surface area contributed by atoms with Gasteiger partial charge < -0.3 is 10.2 Å². The Hall–Kier alpha value is -2.79. The second-order valence-electron chi connectivity index (χ2n) is 6.05. The number of thioether (sulfide) groups is 1. The van der Waals surface area contributed by atoms with Gasteiger partial charge in [-0.2, -0.15) is 0 Å². The highest BCUT2D eigenvalue weighted by atomic mass is 32.2. The molecule has 0 radical (unpaired) electrons. The summed E-state index contributed by atoms with van der Waals surface area (Å²) in [5.41, 5.74) is 3.03. The molecule has 1 aromatic heterocycles. The van der Waals surface area contributed by atoms with Crippen LogP contribution in [0.2, 0.25) is 0 Å². The Morgan fingerprint density at radius 2 is 1.85 bits per heavy atom. The van der Waals surface area contributed by atoms with Crippen molar-refractivity contribution in [1.82, 2.24) is 4.98 Å². The first-order chi connectivity index (χ1) is 13.2. The van der Waals surface area contributed by atoms with Gasteiger partial charge in [-0.05, 0) is 48.9 Å². The first-order valence-corrected chi connectivity index (χ1v) is 9.96. The molecule has 0 unspecified atom stereocenters. The van der Waals surface area contributed by atoms with Crippen LogP contribution in [-0.2, 0) is 10.5 Å². The number of hydrogen-bond donors (Lipinski definition) is 1. The minimum absolute atomic E-state index is 0.0183. The monoisotopic (exact) mass is 377 g/mol. The Labute approximate surface area is 164 Å². The molecule has 4 nitrogen and oxygen atoms in total. The maximum Gasteiger partial charge on any atom is 0.243 e. The van der Waals surface area contributed by atoms with Gasteiger partial charge in [-0.3, -0.25) is 4.79 Å². The number of hydrogen-bond acceptors (Lipinski definition) is 4. The molecule has 138 valence electrons. The largest absolute Gasteiger partial charge is 0.362 e. The number of anilines is 2. The van der Waals surface area contributed by atoms with Crippen molar-refractivity contribution in [2.45, 2.75) is 17.7 Å². The summed E-state index contributed by atoms with van der Waals surface area (Å²) in [4.78, 5) is 18.9. The van der Waals surface area contributed by atoms with Crippen LogP contribution in [0.15, 0.2) is 84.0 Å². The van der Waals surface area contributed by atoms with Crippen LogP contribution < -0.4 is 10.2 Å². The lowest BCUT2D eigenvalue weighted by atomic mass is 10.2. The van der Waals surface area contributed by atoms with Crippen LogP contribution in [0.1, 0.15) is 12.5 Å². The fourth-order valence-corrected chi connectivity index (χ4v) is 3.53. The van der Waals surface area contributed by atoms with Crippen molar-refractivity contribution in [2.24, 2.45) is 0 Å². The van der Waals surface area contributed by atoms with Crippen LogP contribution >= 0.6 is 11.8 Å². The fourth-order valence-electron chi connectivity index (χ4n) is 2.73. The molecule has 0 aliphatic rings. The minimum atomic E-state index is -0.0183. The van der Waals surface area contributed by atoms with E-state index in [1.54, 1.807) is 18.0 Å². The van der Waals surface area contributed by atoms with Crippen LogP contribution in [0.25, 0.3) is 0 Å². The van der Waals surface area contributed by atoms with E-state index in [0.29, 0.717) is 6.54 Å². The van der Waals surface area contributed by atoms with Gasteiger partial charge in [0.05, 0.1) is 11.6 Å². The van der Waals surface area contributed by atoms with Crippen molar-refractivity contribution in [3.63, 3.8) is 0 Å². The number of para-hydroxylation sites is 1. The van der Waals surface area contributed by atoms with E-state index >= 15 is 0 Å². The molecule has 0 saturated heterocycles. The number of benzene rings is 2. The van der Waals surface area contributed by atoms with Crippen LogP contribution in [0, 0.1) is 0 Å². The number of amides is 1. The number of nitrogens with zero attached hydrogens (tertiary/aromatic N) is 2. The molecule has 0 fully saturated rings. The van der Waals surface area contributed by atoms with Crippen molar-refractivity contribution in [2.75, 3.05) is 23.3 Å². The van der Waals surface area contributed by atoms with Gasteiger partial charge in [0.1, 0.15) is 0 Å². The predicted molar refractivity (Wildman–Crippen MR) is 113 cm³/mol. The second-order valence-corrected chi connectivity index (χ2v) is 7.05. The zero-order valence-electron chi connectivity index (χ0n) is 15.3. The molecular formula is C22H23N3OS. The Morgan fingerprint density at radius 3 is 2.59 bits per heavy atom. The Balaban J connectivity index is 1.57. The maximum atomic E-state index is 12.5. The summed E-state index contributed by atoms with van der Waals surface area (Å²) < 4.78 is 0. The lowest BCUT2D eigenvalue weighted by molar-refractivity contribution is -0.115. The molecule has 0 atom stereocenters. The first-order valence-electron chi connectivity index (χ1n) is 8.97. The molecule has 1 amide bonds. The molecule has 0 saturated carbocycles. The smallest absolute Gasteiger partial charge is 0.243 e. The van der Waals surface area contributed by atoms with E-state index in [9.17, 15) is 4.79 Å². The zero-order valence-corrected chi connectivity index (χ0v) is 16.2. The number of carbonyl (C=O) groups is 1. The number of pyridine rings is 1. The molecule has 3 aromatic rings. The number of carbonyl (C=O) groups excluding carboxylic acids is 1. The van der Waals surface area contributed by atoms with E-state index in [1.807, 2.05) is 66.7 Å². The summed E-state index contributed by atoms with van der Waals surface area (Å²) in [5.74, 6) is 0.793. The van der Waals surface area contributed by atoms with Crippen molar-refractivity contribution in [1.29, 1.82) is 0 Å². The number of nitrogens with one attached hydrogen (secondary N) is 1. The molecule has 0 spiro atoms. The maximum absolute atomic E-state index is 12.5. The third-order valence-electron chi connectivity index (χ3n) is 4.07. The summed E-state index contributed by atoms with van der Waals surface area (Å²) in [6.45, 7) is 3.15. The van der Waals surface area contributed by atoms with Gasteiger partial charge >= 0.3 is 0 Å². The standard InChI is InChI=1S/C22H23N3OS/c1-2-25(20-11-4-3-5-12-20)16-21(26)24-19-10-8-9-18(15-19)17-27-22-13-6-7-14-23-22/h3-15H,2,16-17H2,1H3,(H,24,26). The third kappa shape index (κ3) is 5.86. The van der Waals surface area contributed by atoms with Crippen LogP contribution in [0.3, 0.4) is 0 Å². The van der Waals surface area contributed by atoms with Crippen molar-refractivity contribution < 1.29 is 4.79 Å². The molecule has 2 aromatic carbocycles. The zero-order chi connectivity index (χ0) is 18.9. The van der Waals surface area contributed by atoms with Gasteiger partial charge in [-0.15, -0.1) is 11.8 Å². The second kappa shape index (κ2) is 9.78. The highest BCUT2D eigenvalue weighted by molar-refractivity contribution is 7.98. The Morgan fingerprint density at radius 1 is 1.04 bits per heavy atom. The van der Waals surface area contributed by atoms with Gasteiger partial charge in [0.15, 0.2) is 0 Å². The average Bonchev–Trinajstić information content (AvgIpc) is 2.72. The van der Waals surface area contributed by atoms with E-state index in [1.165, 1.54) is 0 Å². The molecule has 0 bridgehead atoms. The molecule has 5 heteroatoms. The molecule has 1 N–H and O–H groups in total. The summed E-state index contributed by atoms with van der Waals surface area (Å²) in [6, 6.07) is 23.9. The van der Waals surface area contributed by atoms with Gasteiger partial charge in [-0.1, -0.05) is 36.4 Å². The fraction of sp³-hybridized carbons (Fsp3) is 0.182. The quantitative estimate of drug-likeness (QED) is 0.571. The van der Waals surface area contributed by atoms with E-state index in [4.69, 9.17) is 0 Å². The predicted octanol–water partition coefficient (Wildman–Crippen LogP) is 4.84. The van der Waals surface area contributed by atoms with Crippen molar-refractivity contribution >= 4 is 29.0 Å². The Bertz CT molecular complexity index is 856. The highest BCUT2D eigenvalue weighted by Crippen LogP contribution is 2.22. The molecule has 0 aliphatic carbocycles. The minimum Gasteiger partial charge on any atom is -0.362 e. The van der Waals surface area contributed by atoms with Gasteiger partial charge in [-0.25, -0.2) is 4.98 Å². The molecular weight excluding hydrogens is 354 g/mol. The average molecular weight is 378 g/mol. The van der Waals surface area contributed by atoms with E-state index < -0.39 is 0 Å². The summed E-state index contributed by atoms with van der Waals surface area (Å²) in [7, 11) is 0. The first kappa shape index (κ1) is 19.0. The molecule has 27 heavy (non-hydrogen) atoms.